The van der Waals surface area contributed by atoms with Crippen molar-refractivity contribution >= 4 is 28.9 Å². The zero-order valence-corrected chi connectivity index (χ0v) is 9.25. The predicted octanol–water partition coefficient (Wildman–Crippen LogP) is 1.68. The standard InChI is InChI=1S/C9H6IN3O/c10-8-4-12-13(5-8)9-7(6-14)2-1-3-11-9/h1-6H. The number of aromatic nitrogens is 3. The number of aldehydes is 1. The molecule has 0 saturated heterocycles. The third-order valence-electron chi connectivity index (χ3n) is 1.71. The van der Waals surface area contributed by atoms with Gasteiger partial charge >= 0.3 is 0 Å². The summed E-state index contributed by atoms with van der Waals surface area (Å²) < 4.78 is 2.59. The first-order chi connectivity index (χ1) is 6.81. The minimum absolute atomic E-state index is 0.534. The van der Waals surface area contributed by atoms with Crippen LogP contribution in [0, 0.1) is 3.57 Å². The third kappa shape index (κ3) is 1.67. The van der Waals surface area contributed by atoms with Crippen LogP contribution in [0.4, 0.5) is 0 Å². The van der Waals surface area contributed by atoms with E-state index in [1.165, 1.54) is 0 Å². The van der Waals surface area contributed by atoms with Crippen LogP contribution < -0.4 is 0 Å². The van der Waals surface area contributed by atoms with E-state index in [9.17, 15) is 4.79 Å². The van der Waals surface area contributed by atoms with Crippen molar-refractivity contribution in [2.45, 2.75) is 0 Å². The van der Waals surface area contributed by atoms with E-state index in [2.05, 4.69) is 32.7 Å². The first-order valence-corrected chi connectivity index (χ1v) is 5.00. The normalized spacial score (nSPS) is 10.1. The van der Waals surface area contributed by atoms with E-state index in [1.807, 2.05) is 6.20 Å². The Morgan fingerprint density at radius 3 is 3.00 bits per heavy atom. The molecule has 0 unspecified atom stereocenters. The van der Waals surface area contributed by atoms with Crippen molar-refractivity contribution in [2.24, 2.45) is 0 Å². The molecule has 0 saturated carbocycles. The molecule has 0 aliphatic heterocycles. The van der Waals surface area contributed by atoms with Crippen molar-refractivity contribution in [1.82, 2.24) is 14.8 Å². The number of carbonyl (C=O) groups is 1. The fourth-order valence-corrected chi connectivity index (χ4v) is 1.50. The van der Waals surface area contributed by atoms with Gasteiger partial charge in [-0.3, -0.25) is 4.79 Å². The van der Waals surface area contributed by atoms with Gasteiger partial charge in [0.05, 0.1) is 15.3 Å². The highest BCUT2D eigenvalue weighted by Gasteiger charge is 2.05. The smallest absolute Gasteiger partial charge is 0.163 e. The zero-order valence-electron chi connectivity index (χ0n) is 7.09. The molecule has 4 nitrogen and oxygen atoms in total. The van der Waals surface area contributed by atoms with Crippen LogP contribution in [0.15, 0.2) is 30.7 Å². The lowest BCUT2D eigenvalue weighted by Gasteiger charge is -2.01. The number of nitrogens with zero attached hydrogens (tertiary/aromatic N) is 3. The van der Waals surface area contributed by atoms with Crippen LogP contribution in [-0.2, 0) is 0 Å². The lowest BCUT2D eigenvalue weighted by molar-refractivity contribution is 0.112. The molecule has 0 spiro atoms. The van der Waals surface area contributed by atoms with Gasteiger partial charge in [-0.15, -0.1) is 0 Å². The summed E-state index contributed by atoms with van der Waals surface area (Å²) in [6, 6.07) is 3.44. The molecule has 0 bridgehead atoms. The van der Waals surface area contributed by atoms with Gasteiger partial charge < -0.3 is 0 Å². The first kappa shape index (κ1) is 9.32. The van der Waals surface area contributed by atoms with Crippen LogP contribution in [0.25, 0.3) is 5.82 Å². The molecule has 2 aromatic heterocycles. The van der Waals surface area contributed by atoms with E-state index >= 15 is 0 Å². The van der Waals surface area contributed by atoms with Gasteiger partial charge in [0, 0.05) is 12.4 Å². The van der Waals surface area contributed by atoms with Gasteiger partial charge in [-0.05, 0) is 34.7 Å². The molecule has 14 heavy (non-hydrogen) atoms. The molecule has 70 valence electrons. The van der Waals surface area contributed by atoms with E-state index in [4.69, 9.17) is 0 Å². The number of hydrogen-bond donors (Lipinski definition) is 0. The lowest BCUT2D eigenvalue weighted by atomic mass is 10.3. The third-order valence-corrected chi connectivity index (χ3v) is 2.27. The number of halogens is 1. The van der Waals surface area contributed by atoms with E-state index in [0.717, 1.165) is 9.86 Å². The summed E-state index contributed by atoms with van der Waals surface area (Å²) in [5.74, 6) is 0.561. The lowest BCUT2D eigenvalue weighted by Crippen LogP contribution is -2.01. The Morgan fingerprint density at radius 1 is 1.50 bits per heavy atom. The molecular formula is C9H6IN3O. The minimum Gasteiger partial charge on any atom is -0.298 e. The van der Waals surface area contributed by atoms with Crippen molar-refractivity contribution in [3.63, 3.8) is 0 Å². The van der Waals surface area contributed by atoms with Gasteiger partial charge in [0.1, 0.15) is 0 Å². The highest BCUT2D eigenvalue weighted by molar-refractivity contribution is 14.1. The molecule has 2 aromatic rings. The second-order valence-corrected chi connectivity index (χ2v) is 3.88. The topological polar surface area (TPSA) is 47.8 Å². The maximum atomic E-state index is 10.7. The van der Waals surface area contributed by atoms with Crippen molar-refractivity contribution < 1.29 is 4.79 Å². The summed E-state index contributed by atoms with van der Waals surface area (Å²) in [6.45, 7) is 0. The van der Waals surface area contributed by atoms with Gasteiger partial charge in [0.25, 0.3) is 0 Å². The summed E-state index contributed by atoms with van der Waals surface area (Å²) in [5.41, 5.74) is 0.534. The maximum absolute atomic E-state index is 10.7. The van der Waals surface area contributed by atoms with Crippen LogP contribution in [-0.4, -0.2) is 21.1 Å². The molecule has 0 aromatic carbocycles. The second-order valence-electron chi connectivity index (χ2n) is 2.64. The van der Waals surface area contributed by atoms with E-state index in [-0.39, 0.29) is 0 Å². The van der Waals surface area contributed by atoms with Crippen LogP contribution in [0.1, 0.15) is 10.4 Å². The summed E-state index contributed by atoms with van der Waals surface area (Å²) in [6.07, 6.45) is 5.94. The zero-order chi connectivity index (χ0) is 9.97. The number of rotatable bonds is 2. The molecule has 0 aliphatic carbocycles. The maximum Gasteiger partial charge on any atom is 0.163 e. The Hall–Kier alpha value is -1.24. The van der Waals surface area contributed by atoms with Gasteiger partial charge in [0.15, 0.2) is 12.1 Å². The summed E-state index contributed by atoms with van der Waals surface area (Å²) in [5, 5.41) is 4.08. The van der Waals surface area contributed by atoms with Crippen LogP contribution >= 0.6 is 22.6 Å². The fraction of sp³-hybridized carbons (Fsp3) is 0. The molecule has 2 rings (SSSR count). The molecular weight excluding hydrogens is 293 g/mol. The van der Waals surface area contributed by atoms with Crippen LogP contribution in [0.3, 0.4) is 0 Å². The molecule has 0 fully saturated rings. The van der Waals surface area contributed by atoms with E-state index < -0.39 is 0 Å². The largest absolute Gasteiger partial charge is 0.298 e. The molecule has 5 heteroatoms. The number of hydrogen-bond acceptors (Lipinski definition) is 3. The highest BCUT2D eigenvalue weighted by atomic mass is 127. The quantitative estimate of drug-likeness (QED) is 0.626. The van der Waals surface area contributed by atoms with Gasteiger partial charge in [-0.2, -0.15) is 5.10 Å². The summed E-state index contributed by atoms with van der Waals surface area (Å²) in [7, 11) is 0. The van der Waals surface area contributed by atoms with Crippen molar-refractivity contribution in [3.8, 4) is 5.82 Å². The summed E-state index contributed by atoms with van der Waals surface area (Å²) >= 11 is 2.15. The minimum atomic E-state index is 0.534. The van der Waals surface area contributed by atoms with Crippen LogP contribution in [0.5, 0.6) is 0 Å². The van der Waals surface area contributed by atoms with Crippen molar-refractivity contribution in [3.05, 3.63) is 39.9 Å². The Balaban J connectivity index is 2.55. The molecule has 0 N–H and O–H groups in total. The molecule has 0 amide bonds. The van der Waals surface area contributed by atoms with E-state index in [0.29, 0.717) is 11.4 Å². The monoisotopic (exact) mass is 299 g/mol. The Bertz CT molecular complexity index is 467. The first-order valence-electron chi connectivity index (χ1n) is 3.92. The molecule has 2 heterocycles. The Labute approximate surface area is 94.1 Å². The van der Waals surface area contributed by atoms with Crippen molar-refractivity contribution in [2.75, 3.05) is 0 Å². The van der Waals surface area contributed by atoms with Crippen LogP contribution in [0.2, 0.25) is 0 Å². The van der Waals surface area contributed by atoms with E-state index in [1.54, 1.807) is 29.2 Å². The van der Waals surface area contributed by atoms with Gasteiger partial charge in [-0.25, -0.2) is 9.67 Å². The Kier molecular flexibility index (Phi) is 2.58. The predicted molar refractivity (Wildman–Crippen MR) is 59.5 cm³/mol. The second kappa shape index (κ2) is 3.87. The molecule has 0 atom stereocenters. The average Bonchev–Trinajstić information content (AvgIpc) is 2.65. The highest BCUT2D eigenvalue weighted by Crippen LogP contribution is 2.10. The number of pyridine rings is 1. The summed E-state index contributed by atoms with van der Waals surface area (Å²) in [4.78, 5) is 14.8. The Morgan fingerprint density at radius 2 is 2.36 bits per heavy atom. The average molecular weight is 299 g/mol. The van der Waals surface area contributed by atoms with Crippen molar-refractivity contribution in [1.29, 1.82) is 0 Å². The molecule has 0 radical (unpaired) electrons. The van der Waals surface area contributed by atoms with Gasteiger partial charge in [-0.1, -0.05) is 0 Å². The SMILES string of the molecule is O=Cc1cccnc1-n1cc(I)cn1. The fourth-order valence-electron chi connectivity index (χ4n) is 1.11. The molecule has 0 aliphatic rings. The van der Waals surface area contributed by atoms with Gasteiger partial charge in [0.2, 0.25) is 0 Å². The number of carbonyl (C=O) groups excluding carboxylic acids is 1.